The van der Waals surface area contributed by atoms with Gasteiger partial charge in [0.25, 0.3) is 0 Å². The monoisotopic (exact) mass is 538 g/mol. The number of amides is 3. The molecule has 3 aromatic heterocycles. The second kappa shape index (κ2) is 9.97. The van der Waals surface area contributed by atoms with E-state index in [9.17, 15) is 9.59 Å². The summed E-state index contributed by atoms with van der Waals surface area (Å²) in [4.78, 5) is 42.1. The molecule has 0 aliphatic carbocycles. The zero-order valence-electron chi connectivity index (χ0n) is 23.3. The molecule has 4 aromatic rings. The van der Waals surface area contributed by atoms with Crippen LogP contribution in [-0.2, 0) is 17.8 Å². The van der Waals surface area contributed by atoms with E-state index < -0.39 is 5.60 Å². The minimum Gasteiger partial charge on any atom is -0.444 e. The molecule has 1 aromatic carbocycles. The summed E-state index contributed by atoms with van der Waals surface area (Å²) in [6.45, 7) is 9.30. The van der Waals surface area contributed by atoms with Crippen LogP contribution in [0.5, 0.6) is 0 Å². The number of likely N-dealkylation sites (tertiary alicyclic amines) is 1. The van der Waals surface area contributed by atoms with E-state index in [1.54, 1.807) is 23.4 Å². The molecule has 1 fully saturated rings. The minimum absolute atomic E-state index is 0.129. The highest BCUT2D eigenvalue weighted by atomic mass is 16.6. The van der Waals surface area contributed by atoms with Gasteiger partial charge in [0.2, 0.25) is 0 Å². The fourth-order valence-corrected chi connectivity index (χ4v) is 5.71. The number of aromatic amines is 1. The van der Waals surface area contributed by atoms with Gasteiger partial charge in [-0.15, -0.1) is 0 Å². The molecule has 1 unspecified atom stereocenters. The number of aromatic nitrogens is 3. The summed E-state index contributed by atoms with van der Waals surface area (Å²) in [6, 6.07) is 9.80. The van der Waals surface area contributed by atoms with Crippen molar-refractivity contribution in [2.24, 2.45) is 0 Å². The molecule has 1 atom stereocenters. The lowest BCUT2D eigenvalue weighted by atomic mass is 9.91. The van der Waals surface area contributed by atoms with E-state index >= 15 is 0 Å². The first-order chi connectivity index (χ1) is 19.2. The Morgan fingerprint density at radius 1 is 1.12 bits per heavy atom. The number of hydrogen-bond acceptors (Lipinski definition) is 5. The third-order valence-electron chi connectivity index (χ3n) is 7.60. The van der Waals surface area contributed by atoms with Crippen molar-refractivity contribution >= 4 is 28.8 Å². The maximum Gasteiger partial charge on any atom is 0.410 e. The minimum atomic E-state index is -0.579. The van der Waals surface area contributed by atoms with Gasteiger partial charge in [-0.05, 0) is 98.7 Å². The Hall–Kier alpha value is -4.40. The molecule has 2 aliphatic rings. The summed E-state index contributed by atoms with van der Waals surface area (Å²) < 4.78 is 5.78. The van der Waals surface area contributed by atoms with Crippen molar-refractivity contribution in [2.45, 2.75) is 65.3 Å². The fourth-order valence-electron chi connectivity index (χ4n) is 5.71. The molecule has 206 valence electrons. The number of H-pyrrole nitrogens is 1. The van der Waals surface area contributed by atoms with Crippen molar-refractivity contribution in [3.63, 3.8) is 0 Å². The number of fused-ring (bicyclic) bond motifs is 2. The average molecular weight is 539 g/mol. The number of carbonyl (C=O) groups excluding carboxylic acids is 2. The number of ether oxygens (including phenoxy) is 1. The number of rotatable bonds is 3. The van der Waals surface area contributed by atoms with Gasteiger partial charge < -0.3 is 24.8 Å². The van der Waals surface area contributed by atoms with Crippen molar-refractivity contribution < 1.29 is 14.3 Å². The topological polar surface area (TPSA) is 103 Å². The summed E-state index contributed by atoms with van der Waals surface area (Å²) in [5, 5.41) is 4.03. The molecule has 0 spiro atoms. The molecule has 5 heterocycles. The number of anilines is 1. The van der Waals surface area contributed by atoms with Crippen LogP contribution in [0.4, 0.5) is 15.3 Å². The molecule has 0 bridgehead atoms. The Kier molecular flexibility index (Phi) is 6.44. The Balaban J connectivity index is 1.39. The zero-order chi connectivity index (χ0) is 28.0. The molecule has 0 radical (unpaired) electrons. The number of hydrogen-bond donors (Lipinski definition) is 2. The van der Waals surface area contributed by atoms with E-state index in [0.717, 1.165) is 57.3 Å². The molecule has 0 saturated carbocycles. The van der Waals surface area contributed by atoms with Crippen LogP contribution < -0.4 is 5.32 Å². The molecular weight excluding hydrogens is 504 g/mol. The molecule has 40 heavy (non-hydrogen) atoms. The maximum atomic E-state index is 13.2. The largest absolute Gasteiger partial charge is 0.444 e. The van der Waals surface area contributed by atoms with Crippen molar-refractivity contribution in [2.75, 3.05) is 11.9 Å². The van der Waals surface area contributed by atoms with Crippen LogP contribution in [0, 0.1) is 6.92 Å². The van der Waals surface area contributed by atoms with Crippen LogP contribution in [0.2, 0.25) is 0 Å². The molecule has 2 aliphatic heterocycles. The van der Waals surface area contributed by atoms with Crippen molar-refractivity contribution in [3.05, 3.63) is 77.4 Å². The molecule has 6 rings (SSSR count). The van der Waals surface area contributed by atoms with Gasteiger partial charge in [-0.25, -0.2) is 14.6 Å². The first-order valence-electron chi connectivity index (χ1n) is 13.7. The molecule has 3 amide bonds. The number of carbonyl (C=O) groups is 2. The average Bonchev–Trinajstić information content (AvgIpc) is 3.66. The first-order valence-corrected chi connectivity index (χ1v) is 13.7. The van der Waals surface area contributed by atoms with Gasteiger partial charge in [0.05, 0.1) is 17.9 Å². The van der Waals surface area contributed by atoms with Crippen LogP contribution >= 0.6 is 0 Å². The van der Waals surface area contributed by atoms with Crippen LogP contribution in [0.1, 0.15) is 61.9 Å². The molecule has 1 saturated heterocycles. The third kappa shape index (κ3) is 4.99. The van der Waals surface area contributed by atoms with Crippen LogP contribution in [-0.4, -0.2) is 49.0 Å². The highest BCUT2D eigenvalue weighted by Gasteiger charge is 2.37. The van der Waals surface area contributed by atoms with Gasteiger partial charge in [-0.1, -0.05) is 0 Å². The van der Waals surface area contributed by atoms with E-state index in [2.05, 4.69) is 45.4 Å². The Bertz CT molecular complexity index is 1590. The predicted molar refractivity (Wildman–Crippen MR) is 154 cm³/mol. The van der Waals surface area contributed by atoms with Crippen molar-refractivity contribution in [1.29, 1.82) is 0 Å². The van der Waals surface area contributed by atoms with Gasteiger partial charge >= 0.3 is 12.1 Å². The highest BCUT2D eigenvalue weighted by molar-refractivity contribution is 5.90. The molecular formula is C31H34N6O3. The summed E-state index contributed by atoms with van der Waals surface area (Å²) in [5.74, 6) is 0. The lowest BCUT2D eigenvalue weighted by Crippen LogP contribution is -2.36. The Morgan fingerprint density at radius 3 is 2.75 bits per heavy atom. The molecule has 9 nitrogen and oxygen atoms in total. The van der Waals surface area contributed by atoms with E-state index in [4.69, 9.17) is 4.74 Å². The molecule has 2 N–H and O–H groups in total. The lowest BCUT2D eigenvalue weighted by Gasteiger charge is -2.30. The number of urea groups is 1. The van der Waals surface area contributed by atoms with Gasteiger partial charge in [-0.3, -0.25) is 4.98 Å². The summed E-state index contributed by atoms with van der Waals surface area (Å²) in [7, 11) is 0. The second-order valence-electron chi connectivity index (χ2n) is 11.7. The number of nitrogens with one attached hydrogen (secondary N) is 2. The van der Waals surface area contributed by atoms with Crippen molar-refractivity contribution in [1.82, 2.24) is 24.8 Å². The normalized spacial score (nSPS) is 16.9. The summed E-state index contributed by atoms with van der Waals surface area (Å²) >= 11 is 0. The van der Waals surface area contributed by atoms with E-state index in [1.165, 1.54) is 0 Å². The number of pyridine rings is 2. The van der Waals surface area contributed by atoms with Crippen LogP contribution in [0.3, 0.4) is 0 Å². The summed E-state index contributed by atoms with van der Waals surface area (Å²) in [5.41, 5.74) is 7.33. The Labute approximate surface area is 233 Å². The standard InChI is InChI=1S/C31H34N6O3/c1-19-14-33-28-24(19)13-21(15-34-28)20-11-22-17-36(29(38)35-23-7-5-9-32-16-23)18-26(22)25(12-20)27-8-6-10-37(27)30(39)40-31(2,3)4/h5,7,9,11-16,27H,6,8,10,17-18H2,1-4H3,(H,33,34)(H,35,38). The third-order valence-corrected chi connectivity index (χ3v) is 7.60. The summed E-state index contributed by atoms with van der Waals surface area (Å²) in [6.07, 6.45) is 8.58. The van der Waals surface area contributed by atoms with E-state index in [0.29, 0.717) is 25.3 Å². The van der Waals surface area contributed by atoms with Gasteiger partial charge in [-0.2, -0.15) is 0 Å². The first kappa shape index (κ1) is 25.9. The molecule has 9 heteroatoms. The van der Waals surface area contributed by atoms with Crippen LogP contribution in [0.25, 0.3) is 22.2 Å². The number of aryl methyl sites for hydroxylation is 1. The zero-order valence-corrected chi connectivity index (χ0v) is 23.3. The second-order valence-corrected chi connectivity index (χ2v) is 11.7. The van der Waals surface area contributed by atoms with E-state index in [1.807, 2.05) is 44.1 Å². The number of nitrogens with zero attached hydrogens (tertiary/aromatic N) is 4. The predicted octanol–water partition coefficient (Wildman–Crippen LogP) is 6.55. The smallest absolute Gasteiger partial charge is 0.410 e. The van der Waals surface area contributed by atoms with Gasteiger partial charge in [0, 0.05) is 49.2 Å². The maximum absolute atomic E-state index is 13.2. The van der Waals surface area contributed by atoms with Gasteiger partial charge in [0.15, 0.2) is 0 Å². The van der Waals surface area contributed by atoms with Crippen molar-refractivity contribution in [3.8, 4) is 11.1 Å². The SMILES string of the molecule is Cc1c[nH]c2ncc(-c3cc4c(c(C5CCCN5C(=O)OC(C)(C)C)c3)CN(C(=O)Nc3cccnc3)C4)cc12. The number of benzene rings is 1. The van der Waals surface area contributed by atoms with E-state index in [-0.39, 0.29) is 18.2 Å². The quantitative estimate of drug-likeness (QED) is 0.308. The highest BCUT2D eigenvalue weighted by Crippen LogP contribution is 2.41. The van der Waals surface area contributed by atoms with Gasteiger partial charge in [0.1, 0.15) is 11.2 Å². The lowest BCUT2D eigenvalue weighted by molar-refractivity contribution is 0.0223. The Morgan fingerprint density at radius 2 is 1.98 bits per heavy atom. The fraction of sp³-hybridized carbons (Fsp3) is 0.355. The van der Waals surface area contributed by atoms with Crippen LogP contribution in [0.15, 0.2) is 55.1 Å².